The second-order valence-corrected chi connectivity index (χ2v) is 4.65. The first kappa shape index (κ1) is 13.0. The third-order valence-electron chi connectivity index (χ3n) is 2.69. The van der Waals surface area contributed by atoms with Gasteiger partial charge >= 0.3 is 0 Å². The highest BCUT2D eigenvalue weighted by Gasteiger charge is 2.19. The van der Waals surface area contributed by atoms with E-state index < -0.39 is 11.9 Å². The third kappa shape index (κ3) is 2.26. The van der Waals surface area contributed by atoms with Gasteiger partial charge in [0.2, 0.25) is 0 Å². The molecule has 1 heterocycles. The van der Waals surface area contributed by atoms with E-state index in [0.717, 1.165) is 0 Å². The number of nitrogens with zero attached hydrogens (tertiary/aromatic N) is 2. The van der Waals surface area contributed by atoms with Crippen molar-refractivity contribution in [3.63, 3.8) is 0 Å². The Labute approximate surface area is 112 Å². The summed E-state index contributed by atoms with van der Waals surface area (Å²) < 4.78 is 20.6. The lowest BCUT2D eigenvalue weighted by atomic mass is 10.1. The number of rotatable bonds is 3. The standard InChI is InChI=1S/C12H12BrFN2O2/c1-16-11(8(13)6-15-16)12(17)7-3-4-10(18-2)9(14)5-7/h3-6,12,17H,1-2H3. The maximum Gasteiger partial charge on any atom is 0.165 e. The van der Waals surface area contributed by atoms with Gasteiger partial charge in [0.15, 0.2) is 11.6 Å². The molecule has 0 aliphatic heterocycles. The minimum Gasteiger partial charge on any atom is -0.494 e. The van der Waals surface area contributed by atoms with Crippen LogP contribution in [0.1, 0.15) is 17.4 Å². The molecule has 0 aliphatic rings. The van der Waals surface area contributed by atoms with Crippen molar-refractivity contribution in [3.8, 4) is 5.75 Å². The number of aliphatic hydroxyl groups excluding tert-OH is 1. The number of hydrogen-bond donors (Lipinski definition) is 1. The van der Waals surface area contributed by atoms with Gasteiger partial charge in [-0.05, 0) is 33.6 Å². The van der Waals surface area contributed by atoms with Crippen LogP contribution < -0.4 is 4.74 Å². The summed E-state index contributed by atoms with van der Waals surface area (Å²) in [5.74, 6) is -0.359. The first-order valence-corrected chi connectivity index (χ1v) is 6.02. The van der Waals surface area contributed by atoms with Crippen molar-refractivity contribution in [2.24, 2.45) is 7.05 Å². The van der Waals surface area contributed by atoms with Gasteiger partial charge in [-0.2, -0.15) is 5.10 Å². The van der Waals surface area contributed by atoms with Gasteiger partial charge in [0.05, 0.1) is 23.5 Å². The van der Waals surface area contributed by atoms with Crippen LogP contribution in [0.5, 0.6) is 5.75 Å². The van der Waals surface area contributed by atoms with Gasteiger partial charge in [0.1, 0.15) is 6.10 Å². The van der Waals surface area contributed by atoms with Crippen LogP contribution in [0.15, 0.2) is 28.9 Å². The predicted molar refractivity (Wildman–Crippen MR) is 67.9 cm³/mol. The molecule has 0 aliphatic carbocycles. The van der Waals surface area contributed by atoms with E-state index in [4.69, 9.17) is 4.74 Å². The number of aromatic nitrogens is 2. The van der Waals surface area contributed by atoms with Gasteiger partial charge in [-0.15, -0.1) is 0 Å². The molecular formula is C12H12BrFN2O2. The van der Waals surface area contributed by atoms with Crippen molar-refractivity contribution in [3.05, 3.63) is 45.9 Å². The van der Waals surface area contributed by atoms with Crippen molar-refractivity contribution in [1.82, 2.24) is 9.78 Å². The lowest BCUT2D eigenvalue weighted by Crippen LogP contribution is -2.07. The molecule has 0 bridgehead atoms. The number of hydrogen-bond acceptors (Lipinski definition) is 3. The van der Waals surface area contributed by atoms with Gasteiger partial charge in [0, 0.05) is 7.05 Å². The van der Waals surface area contributed by atoms with Crippen molar-refractivity contribution < 1.29 is 14.2 Å². The van der Waals surface area contributed by atoms with Gasteiger partial charge < -0.3 is 9.84 Å². The van der Waals surface area contributed by atoms with Gasteiger partial charge in [-0.3, -0.25) is 4.68 Å². The maximum absolute atomic E-state index is 13.6. The molecule has 1 unspecified atom stereocenters. The lowest BCUT2D eigenvalue weighted by Gasteiger charge is -2.13. The lowest BCUT2D eigenvalue weighted by molar-refractivity contribution is 0.208. The topological polar surface area (TPSA) is 47.3 Å². The molecule has 1 aromatic heterocycles. The molecule has 2 rings (SSSR count). The first-order valence-electron chi connectivity index (χ1n) is 5.23. The number of benzene rings is 1. The van der Waals surface area contributed by atoms with Crippen LogP contribution in [0.3, 0.4) is 0 Å². The average molecular weight is 315 g/mol. The molecule has 1 atom stereocenters. The Morgan fingerprint density at radius 3 is 2.72 bits per heavy atom. The molecule has 6 heteroatoms. The molecule has 18 heavy (non-hydrogen) atoms. The van der Waals surface area contributed by atoms with E-state index in [1.54, 1.807) is 19.3 Å². The largest absolute Gasteiger partial charge is 0.494 e. The van der Waals surface area contributed by atoms with Crippen LogP contribution >= 0.6 is 15.9 Å². The van der Waals surface area contributed by atoms with Crippen LogP contribution in [-0.2, 0) is 7.05 Å². The normalized spacial score (nSPS) is 12.5. The smallest absolute Gasteiger partial charge is 0.165 e. The number of halogens is 2. The fraction of sp³-hybridized carbons (Fsp3) is 0.250. The predicted octanol–water partition coefficient (Wildman–Crippen LogP) is 2.41. The van der Waals surface area contributed by atoms with E-state index in [1.807, 2.05) is 0 Å². The van der Waals surface area contributed by atoms with E-state index in [2.05, 4.69) is 21.0 Å². The molecule has 0 spiro atoms. The van der Waals surface area contributed by atoms with Crippen molar-refractivity contribution >= 4 is 15.9 Å². The molecule has 0 fully saturated rings. The molecular weight excluding hydrogens is 303 g/mol. The average Bonchev–Trinajstić information content (AvgIpc) is 2.68. The zero-order chi connectivity index (χ0) is 13.3. The Balaban J connectivity index is 2.40. The van der Waals surface area contributed by atoms with Crippen LogP contribution in [0, 0.1) is 5.82 Å². The third-order valence-corrected chi connectivity index (χ3v) is 3.30. The van der Waals surface area contributed by atoms with E-state index in [1.165, 1.54) is 23.9 Å². The molecule has 2 aromatic rings. The molecule has 96 valence electrons. The molecule has 1 aromatic carbocycles. The van der Waals surface area contributed by atoms with Crippen LogP contribution in [0.4, 0.5) is 4.39 Å². The summed E-state index contributed by atoms with van der Waals surface area (Å²) in [6.07, 6.45) is 0.630. The zero-order valence-corrected chi connectivity index (χ0v) is 11.5. The Bertz CT molecular complexity index is 552. The summed E-state index contributed by atoms with van der Waals surface area (Å²) in [4.78, 5) is 0. The fourth-order valence-electron chi connectivity index (χ4n) is 1.74. The summed E-state index contributed by atoms with van der Waals surface area (Å²) >= 11 is 3.30. The SMILES string of the molecule is COc1ccc(C(O)c2c(Br)cnn2C)cc1F. The van der Waals surface area contributed by atoms with Crippen LogP contribution in [0.25, 0.3) is 0 Å². The van der Waals surface area contributed by atoms with E-state index in [0.29, 0.717) is 15.7 Å². The van der Waals surface area contributed by atoms with Crippen molar-refractivity contribution in [2.45, 2.75) is 6.10 Å². The summed E-state index contributed by atoms with van der Waals surface area (Å²) in [5.41, 5.74) is 1.01. The first-order chi connectivity index (χ1) is 8.54. The molecule has 0 amide bonds. The van der Waals surface area contributed by atoms with E-state index in [9.17, 15) is 9.50 Å². The highest BCUT2D eigenvalue weighted by molar-refractivity contribution is 9.10. The number of aryl methyl sites for hydroxylation is 1. The molecule has 1 N–H and O–H groups in total. The maximum atomic E-state index is 13.6. The Hall–Kier alpha value is -1.40. The van der Waals surface area contributed by atoms with E-state index in [-0.39, 0.29) is 5.75 Å². The number of ether oxygens (including phenoxy) is 1. The fourth-order valence-corrected chi connectivity index (χ4v) is 2.30. The van der Waals surface area contributed by atoms with Gasteiger partial charge in [0.25, 0.3) is 0 Å². The second-order valence-electron chi connectivity index (χ2n) is 3.80. The Morgan fingerprint density at radius 2 is 2.22 bits per heavy atom. The Kier molecular flexibility index (Phi) is 3.68. The summed E-state index contributed by atoms with van der Waals surface area (Å²) in [7, 11) is 3.11. The summed E-state index contributed by atoms with van der Waals surface area (Å²) in [6.45, 7) is 0. The highest BCUT2D eigenvalue weighted by Crippen LogP contribution is 2.30. The molecule has 0 saturated heterocycles. The molecule has 0 radical (unpaired) electrons. The summed E-state index contributed by atoms with van der Waals surface area (Å²) in [5, 5.41) is 14.2. The van der Waals surface area contributed by atoms with Crippen LogP contribution in [0.2, 0.25) is 0 Å². The quantitative estimate of drug-likeness (QED) is 0.946. The van der Waals surface area contributed by atoms with E-state index >= 15 is 0 Å². The Morgan fingerprint density at radius 1 is 1.50 bits per heavy atom. The minimum atomic E-state index is -0.952. The van der Waals surface area contributed by atoms with Gasteiger partial charge in [-0.25, -0.2) is 4.39 Å². The van der Waals surface area contributed by atoms with Crippen molar-refractivity contribution in [2.75, 3.05) is 7.11 Å². The molecule has 0 saturated carbocycles. The van der Waals surface area contributed by atoms with Crippen LogP contribution in [-0.4, -0.2) is 22.0 Å². The highest BCUT2D eigenvalue weighted by atomic mass is 79.9. The summed E-state index contributed by atoms with van der Waals surface area (Å²) in [6, 6.07) is 4.35. The van der Waals surface area contributed by atoms with Gasteiger partial charge in [-0.1, -0.05) is 6.07 Å². The monoisotopic (exact) mass is 314 g/mol. The zero-order valence-electron chi connectivity index (χ0n) is 9.89. The second kappa shape index (κ2) is 5.07. The number of methoxy groups -OCH3 is 1. The molecule has 4 nitrogen and oxygen atoms in total. The number of aliphatic hydroxyl groups is 1. The van der Waals surface area contributed by atoms with Crippen molar-refractivity contribution in [1.29, 1.82) is 0 Å². The minimum absolute atomic E-state index is 0.148.